The number of hydrogen-bond acceptors (Lipinski definition) is 5. The molecule has 1 amide bonds. The van der Waals surface area contributed by atoms with Gasteiger partial charge in [-0.05, 0) is 24.3 Å². The van der Waals surface area contributed by atoms with Crippen molar-refractivity contribution in [2.75, 3.05) is 12.3 Å². The van der Waals surface area contributed by atoms with Crippen LogP contribution in [0.4, 0.5) is 0 Å². The average molecular weight is 453 g/mol. The first-order valence-electron chi connectivity index (χ1n) is 8.80. The number of nitrogens with zero attached hydrogens (tertiary/aromatic N) is 3. The Kier molecular flexibility index (Phi) is 6.56. The van der Waals surface area contributed by atoms with Gasteiger partial charge in [-0.25, -0.2) is 18.1 Å². The number of carbonyl (C=O) groups is 1. The van der Waals surface area contributed by atoms with Gasteiger partial charge in [0.05, 0.1) is 20.7 Å². The molecule has 1 aromatic heterocycles. The zero-order valence-corrected chi connectivity index (χ0v) is 17.8. The summed E-state index contributed by atoms with van der Waals surface area (Å²) in [5.74, 6) is -0.401. The first-order valence-corrected chi connectivity index (χ1v) is 11.2. The van der Waals surface area contributed by atoms with Crippen molar-refractivity contribution in [2.24, 2.45) is 0 Å². The highest BCUT2D eigenvalue weighted by Crippen LogP contribution is 2.28. The molecule has 0 saturated carbocycles. The fourth-order valence-electron chi connectivity index (χ4n) is 2.66. The van der Waals surface area contributed by atoms with Crippen molar-refractivity contribution in [1.29, 1.82) is 0 Å². The van der Waals surface area contributed by atoms with Gasteiger partial charge in [0.15, 0.2) is 9.84 Å². The lowest BCUT2D eigenvalue weighted by atomic mass is 10.3. The van der Waals surface area contributed by atoms with Crippen LogP contribution >= 0.6 is 23.2 Å². The first kappa shape index (κ1) is 21.3. The van der Waals surface area contributed by atoms with Crippen molar-refractivity contribution in [3.8, 4) is 5.69 Å². The largest absolute Gasteiger partial charge is 0.348 e. The molecule has 0 aliphatic heterocycles. The number of aromatic nitrogens is 3. The SMILES string of the molecule is CCc1nc(C(=O)NCCS(=O)(=O)c2ccccc2)nn1-c1c(Cl)cccc1Cl. The molecule has 0 fully saturated rings. The Morgan fingerprint density at radius 3 is 2.34 bits per heavy atom. The second-order valence-corrected chi connectivity index (χ2v) is 9.00. The van der Waals surface area contributed by atoms with Crippen LogP contribution in [0.15, 0.2) is 53.4 Å². The molecule has 2 aromatic carbocycles. The topological polar surface area (TPSA) is 93.9 Å². The summed E-state index contributed by atoms with van der Waals surface area (Å²) >= 11 is 12.5. The monoisotopic (exact) mass is 452 g/mol. The molecule has 3 aromatic rings. The first-order chi connectivity index (χ1) is 13.8. The summed E-state index contributed by atoms with van der Waals surface area (Å²) in [7, 11) is -3.50. The minimum Gasteiger partial charge on any atom is -0.348 e. The Morgan fingerprint density at radius 2 is 1.72 bits per heavy atom. The van der Waals surface area contributed by atoms with Crippen LogP contribution in [-0.4, -0.2) is 41.4 Å². The number of rotatable bonds is 7. The smallest absolute Gasteiger partial charge is 0.291 e. The van der Waals surface area contributed by atoms with Crippen molar-refractivity contribution >= 4 is 38.9 Å². The van der Waals surface area contributed by atoms with E-state index in [2.05, 4.69) is 15.4 Å². The van der Waals surface area contributed by atoms with Gasteiger partial charge >= 0.3 is 0 Å². The van der Waals surface area contributed by atoms with E-state index in [0.717, 1.165) is 0 Å². The third-order valence-corrected chi connectivity index (χ3v) is 6.44. The van der Waals surface area contributed by atoms with E-state index in [4.69, 9.17) is 23.2 Å². The molecule has 152 valence electrons. The molecule has 29 heavy (non-hydrogen) atoms. The van der Waals surface area contributed by atoms with Crippen molar-refractivity contribution in [2.45, 2.75) is 18.2 Å². The number of amides is 1. The normalized spacial score (nSPS) is 11.4. The number of para-hydroxylation sites is 1. The van der Waals surface area contributed by atoms with Gasteiger partial charge in [0.1, 0.15) is 11.5 Å². The molecule has 1 heterocycles. The summed E-state index contributed by atoms with van der Waals surface area (Å²) in [5, 5.41) is 7.52. The van der Waals surface area contributed by atoms with E-state index in [0.29, 0.717) is 28.0 Å². The molecule has 7 nitrogen and oxygen atoms in total. The van der Waals surface area contributed by atoms with Crippen LogP contribution < -0.4 is 5.32 Å². The van der Waals surface area contributed by atoms with Crippen molar-refractivity contribution in [1.82, 2.24) is 20.1 Å². The van der Waals surface area contributed by atoms with Gasteiger partial charge < -0.3 is 5.32 Å². The van der Waals surface area contributed by atoms with E-state index in [-0.39, 0.29) is 23.0 Å². The zero-order chi connectivity index (χ0) is 21.0. The van der Waals surface area contributed by atoms with Crippen molar-refractivity contribution < 1.29 is 13.2 Å². The zero-order valence-electron chi connectivity index (χ0n) is 15.5. The summed E-state index contributed by atoms with van der Waals surface area (Å²) in [4.78, 5) is 16.9. The number of halogens is 2. The van der Waals surface area contributed by atoms with E-state index in [9.17, 15) is 13.2 Å². The minimum atomic E-state index is -3.50. The standard InChI is InChI=1S/C19H18Cl2N4O3S/c1-2-16-23-18(24-25(16)17-14(20)9-6-10-15(17)21)19(26)22-11-12-29(27,28)13-7-4-3-5-8-13/h3-10H,2,11-12H2,1H3,(H,22,26). The van der Waals surface area contributed by atoms with Gasteiger partial charge in [0.25, 0.3) is 5.91 Å². The molecule has 3 rings (SSSR count). The number of aryl methyl sites for hydroxylation is 1. The Balaban J connectivity index is 1.75. The van der Waals surface area contributed by atoms with Crippen LogP contribution in [0.5, 0.6) is 0 Å². The molecule has 0 bridgehead atoms. The molecule has 0 aliphatic rings. The number of hydrogen-bond donors (Lipinski definition) is 1. The van der Waals surface area contributed by atoms with E-state index >= 15 is 0 Å². The molecule has 1 N–H and O–H groups in total. The van der Waals surface area contributed by atoms with Crippen LogP contribution in [0.3, 0.4) is 0 Å². The summed E-state index contributed by atoms with van der Waals surface area (Å²) in [5.41, 5.74) is 0.436. The van der Waals surface area contributed by atoms with E-state index < -0.39 is 15.7 Å². The second-order valence-electron chi connectivity index (χ2n) is 6.08. The Hall–Kier alpha value is -2.42. The fraction of sp³-hybridized carbons (Fsp3) is 0.211. The third kappa shape index (κ3) is 4.77. The highest BCUT2D eigenvalue weighted by Gasteiger charge is 2.20. The highest BCUT2D eigenvalue weighted by molar-refractivity contribution is 7.91. The lowest BCUT2D eigenvalue weighted by Crippen LogP contribution is -2.30. The maximum absolute atomic E-state index is 12.4. The van der Waals surface area contributed by atoms with Gasteiger partial charge in [0.2, 0.25) is 5.82 Å². The predicted molar refractivity (Wildman–Crippen MR) is 112 cm³/mol. The Morgan fingerprint density at radius 1 is 1.07 bits per heavy atom. The predicted octanol–water partition coefficient (Wildman–Crippen LogP) is 3.34. The fourth-order valence-corrected chi connectivity index (χ4v) is 4.40. The molecule has 0 atom stereocenters. The highest BCUT2D eigenvalue weighted by atomic mass is 35.5. The molecule has 0 spiro atoms. The summed E-state index contributed by atoms with van der Waals surface area (Å²) < 4.78 is 26.0. The summed E-state index contributed by atoms with van der Waals surface area (Å²) in [6.45, 7) is 1.79. The van der Waals surface area contributed by atoms with Gasteiger partial charge in [-0.15, -0.1) is 5.10 Å². The summed E-state index contributed by atoms with van der Waals surface area (Å²) in [6.07, 6.45) is 0.490. The van der Waals surface area contributed by atoms with Crippen LogP contribution in [0, 0.1) is 0 Å². The van der Waals surface area contributed by atoms with Gasteiger partial charge in [-0.3, -0.25) is 4.79 Å². The molecular formula is C19H18Cl2N4O3S. The van der Waals surface area contributed by atoms with Crippen LogP contribution in [0.25, 0.3) is 5.69 Å². The van der Waals surface area contributed by atoms with E-state index in [1.807, 2.05) is 6.92 Å². The molecular weight excluding hydrogens is 435 g/mol. The Labute approximate surface area is 178 Å². The quantitative estimate of drug-likeness (QED) is 0.592. The van der Waals surface area contributed by atoms with Crippen LogP contribution in [0.2, 0.25) is 10.0 Å². The lowest BCUT2D eigenvalue weighted by Gasteiger charge is -2.08. The van der Waals surface area contributed by atoms with Crippen LogP contribution in [-0.2, 0) is 16.3 Å². The van der Waals surface area contributed by atoms with Gasteiger partial charge in [-0.1, -0.05) is 54.4 Å². The minimum absolute atomic E-state index is 0.0705. The number of benzene rings is 2. The number of nitrogens with one attached hydrogen (secondary N) is 1. The average Bonchev–Trinajstić information content (AvgIpc) is 3.12. The molecule has 0 radical (unpaired) electrons. The Bertz CT molecular complexity index is 1110. The maximum atomic E-state index is 12.4. The van der Waals surface area contributed by atoms with E-state index in [1.165, 1.54) is 16.8 Å². The van der Waals surface area contributed by atoms with Crippen molar-refractivity contribution in [3.05, 3.63) is 70.2 Å². The summed E-state index contributed by atoms with van der Waals surface area (Å²) in [6, 6.07) is 13.1. The van der Waals surface area contributed by atoms with E-state index in [1.54, 1.807) is 36.4 Å². The maximum Gasteiger partial charge on any atom is 0.291 e. The third-order valence-electron chi connectivity index (χ3n) is 4.10. The molecule has 10 heteroatoms. The second kappa shape index (κ2) is 8.94. The van der Waals surface area contributed by atoms with Crippen LogP contribution in [0.1, 0.15) is 23.4 Å². The van der Waals surface area contributed by atoms with Crippen molar-refractivity contribution in [3.63, 3.8) is 0 Å². The number of carbonyl (C=O) groups excluding carboxylic acids is 1. The molecule has 0 saturated heterocycles. The number of sulfone groups is 1. The lowest BCUT2D eigenvalue weighted by molar-refractivity contribution is 0.0946. The molecule has 0 aliphatic carbocycles. The van der Waals surface area contributed by atoms with Gasteiger partial charge in [-0.2, -0.15) is 0 Å². The van der Waals surface area contributed by atoms with Gasteiger partial charge in [0, 0.05) is 13.0 Å². The molecule has 0 unspecified atom stereocenters.